The number of esters is 1. The molecule has 0 saturated carbocycles. The number of nitrogens with zero attached hydrogens (tertiary/aromatic N) is 2. The summed E-state index contributed by atoms with van der Waals surface area (Å²) in [6.07, 6.45) is 1.57. The van der Waals surface area contributed by atoms with Gasteiger partial charge in [0.25, 0.3) is 0 Å². The molecule has 1 aromatic carbocycles. The first-order valence-electron chi connectivity index (χ1n) is 7.08. The Kier molecular flexibility index (Phi) is 3.35. The molecule has 4 rings (SSSR count). The number of cyclic esters (lactones) is 1. The maximum absolute atomic E-state index is 12.3. The zero-order valence-electron chi connectivity index (χ0n) is 11.9. The van der Waals surface area contributed by atoms with Crippen molar-refractivity contribution in [3.63, 3.8) is 0 Å². The highest BCUT2D eigenvalue weighted by molar-refractivity contribution is 6.28. The number of benzene rings is 1. The molecule has 0 amide bonds. The number of hydrogen-bond acceptors (Lipinski definition) is 5. The molecule has 2 aromatic heterocycles. The van der Waals surface area contributed by atoms with Crippen LogP contribution >= 0.6 is 11.6 Å². The largest absolute Gasteiger partial charge is 0.463 e. The lowest BCUT2D eigenvalue weighted by atomic mass is 10.0. The van der Waals surface area contributed by atoms with Crippen LogP contribution in [-0.4, -0.2) is 15.9 Å². The van der Waals surface area contributed by atoms with Crippen LogP contribution in [-0.2, 0) is 11.2 Å². The average Bonchev–Trinajstić information content (AvgIpc) is 3.17. The molecule has 0 bridgehead atoms. The van der Waals surface area contributed by atoms with Crippen LogP contribution in [0, 0.1) is 0 Å². The van der Waals surface area contributed by atoms with Crippen molar-refractivity contribution in [2.24, 2.45) is 0 Å². The minimum absolute atomic E-state index is 0.0616. The lowest BCUT2D eigenvalue weighted by molar-refractivity contribution is 0.0382. The number of halogens is 1. The van der Waals surface area contributed by atoms with Crippen molar-refractivity contribution in [3.05, 3.63) is 70.8 Å². The molecule has 1 atom stereocenters. The topological polar surface area (TPSA) is 65.2 Å². The molecular weight excluding hydrogens is 316 g/mol. The molecule has 6 heteroatoms. The van der Waals surface area contributed by atoms with Crippen LogP contribution in [0.2, 0.25) is 5.28 Å². The Morgan fingerprint density at radius 3 is 2.65 bits per heavy atom. The van der Waals surface area contributed by atoms with E-state index in [2.05, 4.69) is 9.97 Å². The fourth-order valence-electron chi connectivity index (χ4n) is 2.69. The lowest BCUT2D eigenvalue weighted by Crippen LogP contribution is -2.04. The summed E-state index contributed by atoms with van der Waals surface area (Å²) in [5, 5.41) is 0.0616. The summed E-state index contributed by atoms with van der Waals surface area (Å²) in [5.74, 6) is 0.00635. The first-order chi connectivity index (χ1) is 11.2. The van der Waals surface area contributed by atoms with Gasteiger partial charge in [0.15, 0.2) is 5.76 Å². The van der Waals surface area contributed by atoms with Crippen molar-refractivity contribution in [1.29, 1.82) is 0 Å². The van der Waals surface area contributed by atoms with E-state index in [4.69, 9.17) is 20.8 Å². The van der Waals surface area contributed by atoms with Crippen LogP contribution in [0.4, 0.5) is 0 Å². The van der Waals surface area contributed by atoms with Crippen molar-refractivity contribution < 1.29 is 13.9 Å². The normalized spacial score (nSPS) is 16.2. The summed E-state index contributed by atoms with van der Waals surface area (Å²) in [6.45, 7) is 0. The van der Waals surface area contributed by atoms with Crippen molar-refractivity contribution in [2.75, 3.05) is 0 Å². The Bertz CT molecular complexity index is 863. The monoisotopic (exact) mass is 326 g/mol. The summed E-state index contributed by atoms with van der Waals surface area (Å²) in [5.41, 5.74) is 2.24. The van der Waals surface area contributed by atoms with Gasteiger partial charge in [0, 0.05) is 6.42 Å². The number of carbonyl (C=O) groups is 1. The fourth-order valence-corrected chi connectivity index (χ4v) is 2.86. The van der Waals surface area contributed by atoms with Gasteiger partial charge in [-0.15, -0.1) is 0 Å². The van der Waals surface area contributed by atoms with Crippen LogP contribution in [0.5, 0.6) is 0 Å². The van der Waals surface area contributed by atoms with Gasteiger partial charge in [0.05, 0.1) is 6.26 Å². The molecule has 1 aliphatic heterocycles. The fraction of sp³-hybridized carbons (Fsp3) is 0.118. The maximum atomic E-state index is 12.3. The molecule has 5 nitrogen and oxygen atoms in total. The van der Waals surface area contributed by atoms with Gasteiger partial charge in [-0.1, -0.05) is 30.3 Å². The Morgan fingerprint density at radius 2 is 1.91 bits per heavy atom. The second-order valence-corrected chi connectivity index (χ2v) is 5.50. The summed E-state index contributed by atoms with van der Waals surface area (Å²) < 4.78 is 10.8. The Hall–Kier alpha value is -2.66. The van der Waals surface area contributed by atoms with E-state index in [-0.39, 0.29) is 5.28 Å². The van der Waals surface area contributed by atoms with E-state index in [0.29, 0.717) is 29.1 Å². The van der Waals surface area contributed by atoms with Gasteiger partial charge in [0.2, 0.25) is 5.28 Å². The molecule has 3 aromatic rings. The molecule has 0 saturated heterocycles. The Balaban J connectivity index is 1.79. The van der Waals surface area contributed by atoms with Gasteiger partial charge >= 0.3 is 5.97 Å². The number of furan rings is 1. The van der Waals surface area contributed by atoms with Crippen molar-refractivity contribution in [2.45, 2.75) is 12.5 Å². The van der Waals surface area contributed by atoms with E-state index in [1.165, 1.54) is 6.26 Å². The van der Waals surface area contributed by atoms with E-state index in [0.717, 1.165) is 5.56 Å². The highest BCUT2D eigenvalue weighted by Crippen LogP contribution is 2.37. The molecule has 0 spiro atoms. The molecule has 0 aliphatic carbocycles. The number of fused-ring (bicyclic) bond motifs is 1. The standard InChI is InChI=1S/C17H11ClN2O3/c18-17-19-14(11-7-4-8-22-11)13-15(20-17)12(23-16(13)21)9-10-5-2-1-3-6-10/h1-8,12H,9H2/t12-/m0/s1. The molecule has 0 N–H and O–H groups in total. The van der Waals surface area contributed by atoms with Crippen molar-refractivity contribution >= 4 is 17.6 Å². The molecule has 1 aliphatic rings. The molecule has 3 heterocycles. The van der Waals surface area contributed by atoms with Crippen LogP contribution in [0.15, 0.2) is 53.1 Å². The third-order valence-corrected chi connectivity index (χ3v) is 3.86. The Labute approximate surface area is 136 Å². The van der Waals surface area contributed by atoms with Crippen molar-refractivity contribution in [1.82, 2.24) is 9.97 Å². The van der Waals surface area contributed by atoms with Gasteiger partial charge in [-0.3, -0.25) is 0 Å². The number of rotatable bonds is 3. The van der Waals surface area contributed by atoms with E-state index in [9.17, 15) is 4.79 Å². The number of aromatic nitrogens is 2. The van der Waals surface area contributed by atoms with E-state index in [1.807, 2.05) is 30.3 Å². The van der Waals surface area contributed by atoms with Gasteiger partial charge in [-0.05, 0) is 29.3 Å². The van der Waals surface area contributed by atoms with Crippen LogP contribution < -0.4 is 0 Å². The predicted molar refractivity (Wildman–Crippen MR) is 83.0 cm³/mol. The van der Waals surface area contributed by atoms with Crippen LogP contribution in [0.25, 0.3) is 11.5 Å². The summed E-state index contributed by atoms with van der Waals surface area (Å²) in [6, 6.07) is 13.2. The maximum Gasteiger partial charge on any atom is 0.343 e. The minimum atomic E-state index is -0.478. The first kappa shape index (κ1) is 14.0. The average molecular weight is 327 g/mol. The summed E-state index contributed by atoms with van der Waals surface area (Å²) in [4.78, 5) is 20.7. The Morgan fingerprint density at radius 1 is 1.09 bits per heavy atom. The van der Waals surface area contributed by atoms with Gasteiger partial charge in [-0.2, -0.15) is 0 Å². The zero-order chi connectivity index (χ0) is 15.8. The highest BCUT2D eigenvalue weighted by Gasteiger charge is 2.37. The van der Waals surface area contributed by atoms with Crippen LogP contribution in [0.3, 0.4) is 0 Å². The van der Waals surface area contributed by atoms with E-state index in [1.54, 1.807) is 12.1 Å². The number of ether oxygens (including phenoxy) is 1. The third kappa shape index (κ3) is 2.49. The van der Waals surface area contributed by atoms with E-state index < -0.39 is 12.1 Å². The second-order valence-electron chi connectivity index (χ2n) is 5.16. The summed E-state index contributed by atoms with van der Waals surface area (Å²) in [7, 11) is 0. The number of carbonyl (C=O) groups excluding carboxylic acids is 1. The molecule has 23 heavy (non-hydrogen) atoms. The van der Waals surface area contributed by atoms with Gasteiger partial charge < -0.3 is 9.15 Å². The molecule has 0 radical (unpaired) electrons. The molecule has 0 unspecified atom stereocenters. The zero-order valence-corrected chi connectivity index (χ0v) is 12.7. The van der Waals surface area contributed by atoms with Gasteiger partial charge in [0.1, 0.15) is 23.1 Å². The van der Waals surface area contributed by atoms with Crippen molar-refractivity contribution in [3.8, 4) is 11.5 Å². The quantitative estimate of drug-likeness (QED) is 0.540. The minimum Gasteiger partial charge on any atom is -0.463 e. The molecular formula is C17H11ClN2O3. The smallest absolute Gasteiger partial charge is 0.343 e. The van der Waals surface area contributed by atoms with Crippen LogP contribution in [0.1, 0.15) is 27.7 Å². The second kappa shape index (κ2) is 5.52. The molecule has 0 fully saturated rings. The highest BCUT2D eigenvalue weighted by atomic mass is 35.5. The van der Waals surface area contributed by atoms with E-state index >= 15 is 0 Å². The number of hydrogen-bond donors (Lipinski definition) is 0. The lowest BCUT2D eigenvalue weighted by Gasteiger charge is -2.10. The molecule has 114 valence electrons. The third-order valence-electron chi connectivity index (χ3n) is 3.69. The summed E-state index contributed by atoms with van der Waals surface area (Å²) >= 11 is 6.03. The SMILES string of the molecule is O=C1O[C@@H](Cc2ccccc2)c2nc(Cl)nc(-c3ccco3)c21. The van der Waals surface area contributed by atoms with Gasteiger partial charge in [-0.25, -0.2) is 14.8 Å². The predicted octanol–water partition coefficient (Wildman–Crippen LogP) is 3.84. The first-order valence-corrected chi connectivity index (χ1v) is 7.46.